The molecule has 0 radical (unpaired) electrons. The molecular weight excluding hydrogens is 588 g/mol. The van der Waals surface area contributed by atoms with Crippen molar-refractivity contribution in [1.82, 2.24) is 5.43 Å². The molecule has 0 saturated heterocycles. The number of ether oxygens (including phenoxy) is 3. The standard InChI is InChI=1S/C25H23Br2ClN2O4/c1-3-32-22-10-7-17(12-23(22)33-4-2)25(31)30-29-14-18-11-19(26)13-21(27)24(18)34-15-16-5-8-20(28)9-6-16/h5-14H,3-4,15H2,1-2H3,(H,30,31)/b29-14+. The van der Waals surface area contributed by atoms with Gasteiger partial charge in [0, 0.05) is 20.6 Å². The molecule has 0 spiro atoms. The molecule has 0 aliphatic heterocycles. The predicted octanol–water partition coefficient (Wildman–Crippen LogP) is 7.01. The SMILES string of the molecule is CCOc1ccc(C(=O)N/N=C/c2cc(Br)cc(Br)c2OCc2ccc(Cl)cc2)cc1OCC. The molecule has 34 heavy (non-hydrogen) atoms. The van der Waals surface area contributed by atoms with Crippen LogP contribution in [0.4, 0.5) is 0 Å². The van der Waals surface area contributed by atoms with Crippen LogP contribution in [0.15, 0.2) is 68.6 Å². The third kappa shape index (κ3) is 7.22. The van der Waals surface area contributed by atoms with Crippen LogP contribution in [0.1, 0.15) is 35.3 Å². The Bertz CT molecular complexity index is 1170. The van der Waals surface area contributed by atoms with E-state index < -0.39 is 0 Å². The molecule has 0 saturated carbocycles. The number of halogens is 3. The van der Waals surface area contributed by atoms with Crippen LogP contribution in [-0.4, -0.2) is 25.3 Å². The highest BCUT2D eigenvalue weighted by Crippen LogP contribution is 2.33. The van der Waals surface area contributed by atoms with Crippen molar-refractivity contribution in [3.63, 3.8) is 0 Å². The molecule has 6 nitrogen and oxygen atoms in total. The predicted molar refractivity (Wildman–Crippen MR) is 141 cm³/mol. The molecule has 3 aromatic carbocycles. The third-order valence-corrected chi connectivity index (χ3v) is 5.81. The molecule has 0 aliphatic rings. The number of nitrogens with one attached hydrogen (secondary N) is 1. The van der Waals surface area contributed by atoms with Gasteiger partial charge < -0.3 is 14.2 Å². The van der Waals surface area contributed by atoms with E-state index in [0.717, 1.165) is 14.5 Å². The molecule has 178 valence electrons. The lowest BCUT2D eigenvalue weighted by molar-refractivity contribution is 0.0954. The highest BCUT2D eigenvalue weighted by atomic mass is 79.9. The minimum Gasteiger partial charge on any atom is -0.490 e. The number of hydrazone groups is 1. The molecule has 0 aromatic heterocycles. The molecular formula is C25H23Br2ClN2O4. The largest absolute Gasteiger partial charge is 0.490 e. The molecule has 0 unspecified atom stereocenters. The van der Waals surface area contributed by atoms with E-state index in [1.165, 1.54) is 6.21 Å². The Morgan fingerprint density at radius 2 is 1.68 bits per heavy atom. The van der Waals surface area contributed by atoms with Gasteiger partial charge in [-0.2, -0.15) is 5.10 Å². The van der Waals surface area contributed by atoms with E-state index >= 15 is 0 Å². The smallest absolute Gasteiger partial charge is 0.271 e. The fraction of sp³-hybridized carbons (Fsp3) is 0.200. The van der Waals surface area contributed by atoms with Crippen molar-refractivity contribution in [3.05, 3.63) is 85.3 Å². The summed E-state index contributed by atoms with van der Waals surface area (Å²) in [6.07, 6.45) is 1.53. The summed E-state index contributed by atoms with van der Waals surface area (Å²) < 4.78 is 18.7. The number of amides is 1. The highest BCUT2D eigenvalue weighted by molar-refractivity contribution is 9.11. The van der Waals surface area contributed by atoms with Crippen molar-refractivity contribution >= 4 is 55.6 Å². The van der Waals surface area contributed by atoms with Crippen LogP contribution in [0.3, 0.4) is 0 Å². The maximum Gasteiger partial charge on any atom is 0.271 e. The van der Waals surface area contributed by atoms with E-state index in [4.69, 9.17) is 25.8 Å². The lowest BCUT2D eigenvalue weighted by Gasteiger charge is -2.12. The molecule has 1 amide bonds. The fourth-order valence-electron chi connectivity index (χ4n) is 2.98. The Hall–Kier alpha value is -2.55. The normalized spacial score (nSPS) is 10.9. The second kappa shape index (κ2) is 12.8. The van der Waals surface area contributed by atoms with Crippen LogP contribution < -0.4 is 19.6 Å². The van der Waals surface area contributed by atoms with E-state index in [-0.39, 0.29) is 5.91 Å². The van der Waals surface area contributed by atoms with Crippen LogP contribution >= 0.6 is 43.5 Å². The summed E-state index contributed by atoms with van der Waals surface area (Å²) >= 11 is 13.0. The lowest BCUT2D eigenvalue weighted by atomic mass is 10.2. The minimum absolute atomic E-state index is 0.344. The van der Waals surface area contributed by atoms with Crippen molar-refractivity contribution in [2.24, 2.45) is 5.10 Å². The Morgan fingerprint density at radius 1 is 0.971 bits per heavy atom. The van der Waals surface area contributed by atoms with Gasteiger partial charge in [-0.3, -0.25) is 4.79 Å². The zero-order chi connectivity index (χ0) is 24.5. The molecule has 0 bridgehead atoms. The molecule has 9 heteroatoms. The summed E-state index contributed by atoms with van der Waals surface area (Å²) in [7, 11) is 0. The van der Waals surface area contributed by atoms with E-state index in [9.17, 15) is 4.79 Å². The number of hydrogen-bond acceptors (Lipinski definition) is 5. The summed E-state index contributed by atoms with van der Waals surface area (Å²) in [4.78, 5) is 12.6. The first-order chi connectivity index (χ1) is 16.4. The first kappa shape index (κ1) is 26.1. The molecule has 0 atom stereocenters. The fourth-order valence-corrected chi connectivity index (χ4v) is 4.48. The van der Waals surface area contributed by atoms with Gasteiger partial charge in [0.15, 0.2) is 11.5 Å². The van der Waals surface area contributed by atoms with Crippen molar-refractivity contribution < 1.29 is 19.0 Å². The first-order valence-corrected chi connectivity index (χ1v) is 12.5. The van der Waals surface area contributed by atoms with Crippen molar-refractivity contribution in [2.45, 2.75) is 20.5 Å². The maximum absolute atomic E-state index is 12.6. The second-order valence-electron chi connectivity index (χ2n) is 6.95. The second-order valence-corrected chi connectivity index (χ2v) is 9.15. The monoisotopic (exact) mass is 608 g/mol. The van der Waals surface area contributed by atoms with E-state index in [2.05, 4.69) is 42.4 Å². The number of carbonyl (C=O) groups is 1. The van der Waals surface area contributed by atoms with Gasteiger partial charge in [0.2, 0.25) is 0 Å². The van der Waals surface area contributed by atoms with Gasteiger partial charge in [-0.25, -0.2) is 5.43 Å². The molecule has 0 fully saturated rings. The quantitative estimate of drug-likeness (QED) is 0.198. The number of rotatable bonds is 10. The highest BCUT2D eigenvalue weighted by Gasteiger charge is 2.12. The summed E-state index contributed by atoms with van der Waals surface area (Å²) in [5.41, 5.74) is 4.60. The van der Waals surface area contributed by atoms with Crippen LogP contribution in [0.25, 0.3) is 0 Å². The van der Waals surface area contributed by atoms with Gasteiger partial charge in [0.05, 0.1) is 23.9 Å². The van der Waals surface area contributed by atoms with Gasteiger partial charge in [0.25, 0.3) is 5.91 Å². The summed E-state index contributed by atoms with van der Waals surface area (Å²) in [6.45, 7) is 5.06. The van der Waals surface area contributed by atoms with E-state index in [1.807, 2.05) is 50.2 Å². The Kier molecular flexibility index (Phi) is 9.80. The number of carbonyl (C=O) groups excluding carboxylic acids is 1. The first-order valence-electron chi connectivity index (χ1n) is 10.5. The van der Waals surface area contributed by atoms with Crippen LogP contribution in [0, 0.1) is 0 Å². The Morgan fingerprint density at radius 3 is 2.38 bits per heavy atom. The Balaban J connectivity index is 1.74. The van der Waals surface area contributed by atoms with E-state index in [1.54, 1.807) is 18.2 Å². The third-order valence-electron chi connectivity index (χ3n) is 4.51. The van der Waals surface area contributed by atoms with Gasteiger partial charge in [-0.15, -0.1) is 0 Å². The van der Waals surface area contributed by atoms with Crippen LogP contribution in [0.5, 0.6) is 17.2 Å². The average molecular weight is 611 g/mol. The minimum atomic E-state index is -0.377. The van der Waals surface area contributed by atoms with Gasteiger partial charge in [-0.1, -0.05) is 39.7 Å². The number of nitrogens with zero attached hydrogens (tertiary/aromatic N) is 1. The average Bonchev–Trinajstić information content (AvgIpc) is 2.81. The summed E-state index contributed by atoms with van der Waals surface area (Å²) in [5, 5.41) is 4.79. The van der Waals surface area contributed by atoms with Gasteiger partial charge in [0.1, 0.15) is 12.4 Å². The van der Waals surface area contributed by atoms with Gasteiger partial charge in [-0.05, 0) is 77.8 Å². The zero-order valence-corrected chi connectivity index (χ0v) is 22.5. The Labute approximate surface area is 220 Å². The topological polar surface area (TPSA) is 69.2 Å². The molecule has 0 heterocycles. The summed E-state index contributed by atoms with van der Waals surface area (Å²) in [5.74, 6) is 1.31. The summed E-state index contributed by atoms with van der Waals surface area (Å²) in [6, 6.07) is 16.2. The maximum atomic E-state index is 12.6. The van der Waals surface area contributed by atoms with Crippen molar-refractivity contribution in [1.29, 1.82) is 0 Å². The molecule has 0 aliphatic carbocycles. The molecule has 3 rings (SSSR count). The molecule has 3 aromatic rings. The number of hydrogen-bond donors (Lipinski definition) is 1. The van der Waals surface area contributed by atoms with E-state index in [0.29, 0.717) is 53.2 Å². The van der Waals surface area contributed by atoms with Crippen LogP contribution in [-0.2, 0) is 6.61 Å². The van der Waals surface area contributed by atoms with Crippen LogP contribution in [0.2, 0.25) is 5.02 Å². The lowest BCUT2D eigenvalue weighted by Crippen LogP contribution is -2.18. The molecule has 1 N–H and O–H groups in total. The van der Waals surface area contributed by atoms with Gasteiger partial charge >= 0.3 is 0 Å². The zero-order valence-electron chi connectivity index (χ0n) is 18.6. The van der Waals surface area contributed by atoms with Crippen molar-refractivity contribution in [3.8, 4) is 17.2 Å². The number of benzene rings is 3. The van der Waals surface area contributed by atoms with Crippen molar-refractivity contribution in [2.75, 3.05) is 13.2 Å².